The van der Waals surface area contributed by atoms with E-state index in [-0.39, 0.29) is 5.78 Å². The lowest BCUT2D eigenvalue weighted by Gasteiger charge is -2.25. The van der Waals surface area contributed by atoms with Gasteiger partial charge in [-0.3, -0.25) is 0 Å². The fraction of sp³-hybridized carbons (Fsp3) is 0.462. The summed E-state index contributed by atoms with van der Waals surface area (Å²) in [6.07, 6.45) is 1.50. The molecule has 0 aliphatic rings. The quantitative estimate of drug-likeness (QED) is 0.825. The Kier molecular flexibility index (Phi) is 5.16. The molecular formula is C13H18BrNO. The zero-order chi connectivity index (χ0) is 12.1. The molecule has 0 saturated carbocycles. The molecule has 16 heavy (non-hydrogen) atoms. The first kappa shape index (κ1) is 13.4. The summed E-state index contributed by atoms with van der Waals surface area (Å²) in [4.78, 5) is 13.2. The van der Waals surface area contributed by atoms with Crippen LogP contribution in [0.5, 0.6) is 0 Å². The predicted octanol–water partition coefficient (Wildman–Crippen LogP) is 3.42. The molecule has 1 unspecified atom stereocenters. The second-order valence-corrected chi connectivity index (χ2v) is 5.10. The Bertz CT molecular complexity index is 363. The monoisotopic (exact) mass is 283 g/mol. The molecule has 88 valence electrons. The highest BCUT2D eigenvalue weighted by atomic mass is 79.9. The Morgan fingerprint density at radius 3 is 2.50 bits per heavy atom. The van der Waals surface area contributed by atoms with Crippen LogP contribution in [-0.4, -0.2) is 24.8 Å². The molecule has 0 radical (unpaired) electrons. The maximum absolute atomic E-state index is 11.1. The van der Waals surface area contributed by atoms with Crippen LogP contribution in [0.25, 0.3) is 0 Å². The fourth-order valence-corrected chi connectivity index (χ4v) is 2.33. The van der Waals surface area contributed by atoms with Crippen LogP contribution in [0, 0.1) is 0 Å². The molecule has 1 rings (SSSR count). The third kappa shape index (κ3) is 3.72. The molecule has 0 aliphatic heterocycles. The third-order valence-corrected chi connectivity index (χ3v) is 3.38. The zero-order valence-corrected chi connectivity index (χ0v) is 11.6. The van der Waals surface area contributed by atoms with Gasteiger partial charge in [-0.2, -0.15) is 0 Å². The number of hydrogen-bond acceptors (Lipinski definition) is 2. The number of halogens is 1. The van der Waals surface area contributed by atoms with Crippen LogP contribution in [-0.2, 0) is 4.79 Å². The molecule has 0 aliphatic carbocycles. The summed E-state index contributed by atoms with van der Waals surface area (Å²) in [6, 6.07) is 8.48. The molecule has 2 nitrogen and oxygen atoms in total. The highest BCUT2D eigenvalue weighted by Gasteiger charge is 2.16. The number of nitrogens with zero attached hydrogens (tertiary/aromatic N) is 1. The topological polar surface area (TPSA) is 20.3 Å². The summed E-state index contributed by atoms with van der Waals surface area (Å²) < 4.78 is 1.11. The van der Waals surface area contributed by atoms with Gasteiger partial charge in [0.25, 0.3) is 0 Å². The Morgan fingerprint density at radius 1 is 1.38 bits per heavy atom. The average molecular weight is 284 g/mol. The number of ketones is 1. The molecule has 0 fully saturated rings. The van der Waals surface area contributed by atoms with Crippen molar-refractivity contribution in [3.63, 3.8) is 0 Å². The minimum atomic E-state index is 0.249. The number of carbonyl (C=O) groups is 1. The SMILES string of the molecule is CC(=O)CCC(c1ccccc1Br)N(C)C. The number of carbonyl (C=O) groups excluding carboxylic acids is 1. The van der Waals surface area contributed by atoms with Crippen molar-refractivity contribution in [3.05, 3.63) is 34.3 Å². The molecule has 0 aromatic heterocycles. The van der Waals surface area contributed by atoms with Crippen molar-refractivity contribution in [1.82, 2.24) is 4.90 Å². The van der Waals surface area contributed by atoms with E-state index in [1.165, 1.54) is 5.56 Å². The molecule has 0 amide bonds. The molecule has 0 spiro atoms. The number of Topliss-reactive ketones (excluding diaryl/α,β-unsaturated/α-hetero) is 1. The minimum absolute atomic E-state index is 0.249. The van der Waals surface area contributed by atoms with Gasteiger partial charge in [0.2, 0.25) is 0 Å². The molecule has 3 heteroatoms. The molecule has 0 N–H and O–H groups in total. The lowest BCUT2D eigenvalue weighted by Crippen LogP contribution is -2.21. The van der Waals surface area contributed by atoms with E-state index in [4.69, 9.17) is 0 Å². The predicted molar refractivity (Wildman–Crippen MR) is 70.5 cm³/mol. The first-order valence-electron chi connectivity index (χ1n) is 5.42. The molecule has 1 aromatic rings. The Hall–Kier alpha value is -0.670. The van der Waals surface area contributed by atoms with Gasteiger partial charge in [-0.15, -0.1) is 0 Å². The van der Waals surface area contributed by atoms with Gasteiger partial charge in [-0.25, -0.2) is 0 Å². The Morgan fingerprint density at radius 2 is 2.00 bits per heavy atom. The second kappa shape index (κ2) is 6.16. The highest BCUT2D eigenvalue weighted by molar-refractivity contribution is 9.10. The van der Waals surface area contributed by atoms with Crippen LogP contribution in [0.2, 0.25) is 0 Å². The highest BCUT2D eigenvalue weighted by Crippen LogP contribution is 2.29. The summed E-state index contributed by atoms with van der Waals surface area (Å²) >= 11 is 3.56. The van der Waals surface area contributed by atoms with Crippen molar-refractivity contribution in [2.75, 3.05) is 14.1 Å². The molecule has 0 heterocycles. The number of hydrogen-bond donors (Lipinski definition) is 0. The first-order valence-corrected chi connectivity index (χ1v) is 6.22. The first-order chi connectivity index (χ1) is 7.52. The van der Waals surface area contributed by atoms with Gasteiger partial charge < -0.3 is 9.69 Å². The zero-order valence-electron chi connectivity index (χ0n) is 10.0. The van der Waals surface area contributed by atoms with E-state index in [1.54, 1.807) is 6.92 Å². The van der Waals surface area contributed by atoms with Gasteiger partial charge in [-0.1, -0.05) is 34.1 Å². The van der Waals surface area contributed by atoms with Crippen molar-refractivity contribution in [2.24, 2.45) is 0 Å². The summed E-state index contributed by atoms with van der Waals surface area (Å²) in [6.45, 7) is 1.65. The van der Waals surface area contributed by atoms with E-state index in [9.17, 15) is 4.79 Å². The van der Waals surface area contributed by atoms with Gasteiger partial charge in [-0.05, 0) is 39.1 Å². The van der Waals surface area contributed by atoms with Crippen molar-refractivity contribution in [3.8, 4) is 0 Å². The van der Waals surface area contributed by atoms with Crippen LogP contribution in [0.3, 0.4) is 0 Å². The standard InChI is InChI=1S/C13H18BrNO/c1-10(16)8-9-13(15(2)3)11-6-4-5-7-12(11)14/h4-7,13H,8-9H2,1-3H3. The van der Waals surface area contributed by atoms with E-state index >= 15 is 0 Å². The Balaban J connectivity index is 2.85. The van der Waals surface area contributed by atoms with Gasteiger partial charge in [0.1, 0.15) is 5.78 Å². The van der Waals surface area contributed by atoms with Gasteiger partial charge in [0.05, 0.1) is 0 Å². The van der Waals surface area contributed by atoms with Crippen molar-refractivity contribution in [1.29, 1.82) is 0 Å². The molecule has 0 saturated heterocycles. The summed E-state index contributed by atoms with van der Waals surface area (Å²) in [5.41, 5.74) is 1.24. The van der Waals surface area contributed by atoms with Crippen LogP contribution in [0.15, 0.2) is 28.7 Å². The average Bonchev–Trinajstić information content (AvgIpc) is 2.20. The van der Waals surface area contributed by atoms with Gasteiger partial charge in [0.15, 0.2) is 0 Å². The minimum Gasteiger partial charge on any atom is -0.302 e. The lowest BCUT2D eigenvalue weighted by molar-refractivity contribution is -0.117. The van der Waals surface area contributed by atoms with Crippen LogP contribution in [0.1, 0.15) is 31.4 Å². The van der Waals surface area contributed by atoms with E-state index in [0.29, 0.717) is 12.5 Å². The van der Waals surface area contributed by atoms with Crippen LogP contribution < -0.4 is 0 Å². The largest absolute Gasteiger partial charge is 0.302 e. The van der Waals surface area contributed by atoms with Gasteiger partial charge >= 0.3 is 0 Å². The van der Waals surface area contributed by atoms with E-state index < -0.39 is 0 Å². The smallest absolute Gasteiger partial charge is 0.129 e. The number of benzene rings is 1. The third-order valence-electron chi connectivity index (χ3n) is 2.66. The normalized spacial score (nSPS) is 12.8. The van der Waals surface area contributed by atoms with E-state index in [2.05, 4.69) is 26.9 Å². The van der Waals surface area contributed by atoms with Crippen molar-refractivity contribution in [2.45, 2.75) is 25.8 Å². The number of rotatable bonds is 5. The summed E-state index contributed by atoms with van der Waals surface area (Å²) in [7, 11) is 4.09. The molecule has 1 atom stereocenters. The molecule has 1 aromatic carbocycles. The Labute approximate surface area is 106 Å². The molecular weight excluding hydrogens is 266 g/mol. The fourth-order valence-electron chi connectivity index (χ4n) is 1.78. The summed E-state index contributed by atoms with van der Waals surface area (Å²) in [5.74, 6) is 0.249. The maximum Gasteiger partial charge on any atom is 0.129 e. The van der Waals surface area contributed by atoms with Gasteiger partial charge in [0, 0.05) is 16.9 Å². The maximum atomic E-state index is 11.1. The van der Waals surface area contributed by atoms with Crippen molar-refractivity contribution >= 4 is 21.7 Å². The molecule has 0 bridgehead atoms. The van der Waals surface area contributed by atoms with E-state index in [0.717, 1.165) is 10.9 Å². The van der Waals surface area contributed by atoms with Crippen molar-refractivity contribution < 1.29 is 4.79 Å². The second-order valence-electron chi connectivity index (χ2n) is 4.24. The van der Waals surface area contributed by atoms with Crippen LogP contribution >= 0.6 is 15.9 Å². The summed E-state index contributed by atoms with van der Waals surface area (Å²) in [5, 5.41) is 0. The van der Waals surface area contributed by atoms with E-state index in [1.807, 2.05) is 32.3 Å². The lowest BCUT2D eigenvalue weighted by atomic mass is 10.00. The van der Waals surface area contributed by atoms with Crippen LogP contribution in [0.4, 0.5) is 0 Å².